The van der Waals surface area contributed by atoms with Gasteiger partial charge in [-0.25, -0.2) is 4.98 Å². The highest BCUT2D eigenvalue weighted by atomic mass is 35.5. The monoisotopic (exact) mass is 267 g/mol. The highest BCUT2D eigenvalue weighted by molar-refractivity contribution is 6.19. The summed E-state index contributed by atoms with van der Waals surface area (Å²) in [7, 11) is 0. The Morgan fingerprint density at radius 2 is 2.06 bits per heavy atom. The maximum absolute atomic E-state index is 8.67. The summed E-state index contributed by atoms with van der Waals surface area (Å²) < 4.78 is 1.85. The molecule has 0 bridgehead atoms. The van der Waals surface area contributed by atoms with E-state index in [1.165, 1.54) is 0 Å². The molecule has 0 fully saturated rings. The predicted molar refractivity (Wildman–Crippen MR) is 69.2 cm³/mol. The number of halogens is 2. The number of rotatable bonds is 3. The van der Waals surface area contributed by atoms with Crippen LogP contribution in [0.15, 0.2) is 43.0 Å². The van der Waals surface area contributed by atoms with Crippen molar-refractivity contribution in [2.24, 2.45) is 0 Å². The van der Waals surface area contributed by atoms with Gasteiger partial charge < -0.3 is 4.57 Å². The number of aromatic nitrogens is 2. The van der Waals surface area contributed by atoms with Gasteiger partial charge in [0.05, 0.1) is 18.0 Å². The lowest BCUT2D eigenvalue weighted by molar-refractivity contribution is 0.663. The van der Waals surface area contributed by atoms with E-state index in [0.29, 0.717) is 12.0 Å². The highest BCUT2D eigenvalue weighted by Gasteiger charge is 2.06. The Bertz CT molecular complexity index is 485. The predicted octanol–water partition coefficient (Wildman–Crippen LogP) is 3.16. The van der Waals surface area contributed by atoms with Gasteiger partial charge in [-0.15, -0.1) is 12.4 Å². The van der Waals surface area contributed by atoms with Gasteiger partial charge in [0.25, 0.3) is 0 Å². The van der Waals surface area contributed by atoms with E-state index in [1.54, 1.807) is 24.7 Å². The summed E-state index contributed by atoms with van der Waals surface area (Å²) in [5, 5.41) is 8.67. The molecule has 2 rings (SSSR count). The highest BCUT2D eigenvalue weighted by Crippen LogP contribution is 2.18. The first-order chi connectivity index (χ1) is 7.79. The largest absolute Gasteiger partial charge is 0.320 e. The third kappa shape index (κ3) is 3.48. The van der Waals surface area contributed by atoms with Crippen molar-refractivity contribution in [3.8, 4) is 6.07 Å². The fourth-order valence-electron chi connectivity index (χ4n) is 1.45. The van der Waals surface area contributed by atoms with Crippen LogP contribution in [0.1, 0.15) is 16.6 Å². The molecule has 1 unspecified atom stereocenters. The van der Waals surface area contributed by atoms with Crippen molar-refractivity contribution < 1.29 is 0 Å². The molecule has 0 saturated carbocycles. The summed E-state index contributed by atoms with van der Waals surface area (Å²) >= 11 is 6.21. The lowest BCUT2D eigenvalue weighted by Gasteiger charge is -2.10. The Morgan fingerprint density at radius 1 is 1.35 bits per heavy atom. The van der Waals surface area contributed by atoms with Crippen molar-refractivity contribution in [1.82, 2.24) is 9.55 Å². The van der Waals surface area contributed by atoms with Gasteiger partial charge in [-0.3, -0.25) is 0 Å². The van der Waals surface area contributed by atoms with Crippen LogP contribution in [0.25, 0.3) is 0 Å². The number of nitrogens with zero attached hydrogens (tertiary/aromatic N) is 3. The van der Waals surface area contributed by atoms with E-state index in [-0.39, 0.29) is 17.9 Å². The van der Waals surface area contributed by atoms with Gasteiger partial charge in [-0.2, -0.15) is 5.26 Å². The lowest BCUT2D eigenvalue weighted by atomic mass is 10.1. The number of alkyl halides is 1. The molecule has 0 aliphatic rings. The zero-order valence-corrected chi connectivity index (χ0v) is 10.5. The fraction of sp³-hybridized carbons (Fsp3) is 0.167. The van der Waals surface area contributed by atoms with Gasteiger partial charge in [0.1, 0.15) is 5.50 Å². The molecule has 88 valence electrons. The molecule has 1 aromatic carbocycles. The molecule has 0 N–H and O–H groups in total. The third-order valence-electron chi connectivity index (χ3n) is 2.34. The van der Waals surface area contributed by atoms with Gasteiger partial charge in [0.2, 0.25) is 0 Å². The van der Waals surface area contributed by atoms with Crippen molar-refractivity contribution in [2.45, 2.75) is 11.9 Å². The number of hydrogen-bond donors (Lipinski definition) is 0. The molecule has 0 aliphatic heterocycles. The first-order valence-corrected chi connectivity index (χ1v) is 5.34. The van der Waals surface area contributed by atoms with E-state index in [4.69, 9.17) is 16.9 Å². The van der Waals surface area contributed by atoms with Gasteiger partial charge in [-0.1, -0.05) is 23.7 Å². The Hall–Kier alpha value is -1.50. The van der Waals surface area contributed by atoms with Crippen LogP contribution in [-0.4, -0.2) is 9.55 Å². The number of nitriles is 1. The van der Waals surface area contributed by atoms with E-state index < -0.39 is 0 Å². The van der Waals surface area contributed by atoms with E-state index in [2.05, 4.69) is 11.1 Å². The van der Waals surface area contributed by atoms with Crippen LogP contribution in [0, 0.1) is 11.3 Å². The van der Waals surface area contributed by atoms with Gasteiger partial charge >= 0.3 is 0 Å². The minimum Gasteiger partial charge on any atom is -0.320 e. The molecule has 3 nitrogen and oxygen atoms in total. The van der Waals surface area contributed by atoms with E-state index in [1.807, 2.05) is 22.9 Å². The van der Waals surface area contributed by atoms with Crippen LogP contribution < -0.4 is 0 Å². The van der Waals surface area contributed by atoms with Crippen LogP contribution in [-0.2, 0) is 6.42 Å². The second-order valence-electron chi connectivity index (χ2n) is 3.46. The summed E-state index contributed by atoms with van der Waals surface area (Å²) in [5.41, 5.74) is 1.63. The SMILES string of the molecule is Cl.N#Cc1ccc(CC(Cl)n2ccnc2)cc1. The third-order valence-corrected chi connectivity index (χ3v) is 2.72. The molecule has 0 spiro atoms. The molecule has 0 saturated heterocycles. The molecule has 0 aliphatic carbocycles. The summed E-state index contributed by atoms with van der Waals surface area (Å²) in [6.45, 7) is 0. The Balaban J connectivity index is 0.00000144. The quantitative estimate of drug-likeness (QED) is 0.802. The van der Waals surface area contributed by atoms with Crippen molar-refractivity contribution in [3.63, 3.8) is 0 Å². The molecule has 1 heterocycles. The summed E-state index contributed by atoms with van der Waals surface area (Å²) in [6.07, 6.45) is 5.94. The van der Waals surface area contributed by atoms with Crippen molar-refractivity contribution >= 4 is 24.0 Å². The molecule has 0 amide bonds. The van der Waals surface area contributed by atoms with Gasteiger partial charge in [0.15, 0.2) is 0 Å². The van der Waals surface area contributed by atoms with Crippen LogP contribution >= 0.6 is 24.0 Å². The van der Waals surface area contributed by atoms with Crippen LogP contribution in [0.3, 0.4) is 0 Å². The van der Waals surface area contributed by atoms with Crippen LogP contribution in [0.2, 0.25) is 0 Å². The average molecular weight is 268 g/mol. The summed E-state index contributed by atoms with van der Waals surface area (Å²) in [4.78, 5) is 3.95. The zero-order chi connectivity index (χ0) is 11.4. The topological polar surface area (TPSA) is 41.6 Å². The van der Waals surface area contributed by atoms with E-state index in [9.17, 15) is 0 Å². The zero-order valence-electron chi connectivity index (χ0n) is 8.95. The lowest BCUT2D eigenvalue weighted by Crippen LogP contribution is -2.03. The van der Waals surface area contributed by atoms with Gasteiger partial charge in [0, 0.05) is 18.8 Å². The molecular weight excluding hydrogens is 257 g/mol. The minimum atomic E-state index is -0.143. The van der Waals surface area contributed by atoms with Crippen molar-refractivity contribution in [2.75, 3.05) is 0 Å². The first kappa shape index (κ1) is 13.6. The second kappa shape index (κ2) is 6.29. The van der Waals surface area contributed by atoms with Crippen LogP contribution in [0.5, 0.6) is 0 Å². The molecule has 1 aromatic heterocycles. The molecule has 0 radical (unpaired) electrons. The van der Waals surface area contributed by atoms with Crippen LogP contribution in [0.4, 0.5) is 0 Å². The summed E-state index contributed by atoms with van der Waals surface area (Å²) in [6, 6.07) is 9.53. The Labute approximate surface area is 111 Å². The second-order valence-corrected chi connectivity index (χ2v) is 3.96. The number of benzene rings is 1. The molecule has 2 aromatic rings. The normalized spacial score (nSPS) is 11.3. The maximum atomic E-state index is 8.67. The van der Waals surface area contributed by atoms with Crippen molar-refractivity contribution in [1.29, 1.82) is 5.26 Å². The number of imidazole rings is 1. The Kier molecular flexibility index (Phi) is 5.02. The average Bonchev–Trinajstić information content (AvgIpc) is 2.83. The summed E-state index contributed by atoms with van der Waals surface area (Å²) in [5.74, 6) is 0. The first-order valence-electron chi connectivity index (χ1n) is 4.90. The molecule has 5 heteroatoms. The smallest absolute Gasteiger partial charge is 0.113 e. The standard InChI is InChI=1S/C12H10ClN3.ClH/c13-12(16-6-5-15-9-16)7-10-1-3-11(8-14)4-2-10;/h1-6,9,12H,7H2;1H. The van der Waals surface area contributed by atoms with Crippen molar-refractivity contribution in [3.05, 3.63) is 54.1 Å². The molecular formula is C12H11Cl2N3. The number of hydrogen-bond acceptors (Lipinski definition) is 2. The van der Waals surface area contributed by atoms with Gasteiger partial charge in [-0.05, 0) is 17.7 Å². The minimum absolute atomic E-state index is 0. The molecule has 1 atom stereocenters. The Morgan fingerprint density at radius 3 is 2.59 bits per heavy atom. The fourth-order valence-corrected chi connectivity index (χ4v) is 1.74. The van der Waals surface area contributed by atoms with E-state index in [0.717, 1.165) is 5.56 Å². The maximum Gasteiger partial charge on any atom is 0.113 e. The molecule has 17 heavy (non-hydrogen) atoms. The van der Waals surface area contributed by atoms with E-state index >= 15 is 0 Å².